The number of aryl methyl sites for hydroxylation is 1. The Morgan fingerprint density at radius 1 is 1.19 bits per heavy atom. The molecule has 5 nitrogen and oxygen atoms in total. The van der Waals surface area contributed by atoms with Crippen molar-refractivity contribution in [1.29, 1.82) is 0 Å². The highest BCUT2D eigenvalue weighted by Crippen LogP contribution is 2.20. The maximum Gasteiger partial charge on any atom is 0.272 e. The van der Waals surface area contributed by atoms with Crippen LogP contribution in [0.4, 0.5) is 5.69 Å². The Balaban J connectivity index is 2.00. The first-order valence-corrected chi connectivity index (χ1v) is 6.68. The number of nitrogens with zero attached hydrogens (tertiary/aromatic N) is 1. The average Bonchev–Trinajstić information content (AvgIpc) is 2.49. The lowest BCUT2D eigenvalue weighted by atomic mass is 10.1. The minimum atomic E-state index is -0.348. The van der Waals surface area contributed by atoms with Crippen LogP contribution in [0, 0.1) is 17.0 Å². The van der Waals surface area contributed by atoms with Crippen molar-refractivity contribution >= 4 is 5.69 Å². The number of hydrogen-bond donors (Lipinski definition) is 1. The second-order valence-corrected chi connectivity index (χ2v) is 4.79. The van der Waals surface area contributed by atoms with Gasteiger partial charge in [-0.25, -0.2) is 0 Å². The normalized spacial score (nSPS) is 10.4. The maximum atomic E-state index is 10.9. The molecule has 2 rings (SSSR count). The predicted molar refractivity (Wildman–Crippen MR) is 81.4 cm³/mol. The number of nitro groups is 1. The first-order chi connectivity index (χ1) is 10.1. The zero-order chi connectivity index (χ0) is 15.2. The maximum absolute atomic E-state index is 10.9. The Morgan fingerprint density at radius 3 is 2.67 bits per heavy atom. The summed E-state index contributed by atoms with van der Waals surface area (Å²) in [5.41, 5.74) is 2.78. The summed E-state index contributed by atoms with van der Waals surface area (Å²) in [4.78, 5) is 10.6. The van der Waals surface area contributed by atoms with E-state index < -0.39 is 0 Å². The number of para-hydroxylation sites is 1. The molecule has 0 saturated carbocycles. The molecule has 0 aliphatic rings. The second kappa shape index (κ2) is 6.85. The fourth-order valence-electron chi connectivity index (χ4n) is 2.15. The zero-order valence-electron chi connectivity index (χ0n) is 12.1. The molecule has 21 heavy (non-hydrogen) atoms. The molecule has 0 radical (unpaired) electrons. The van der Waals surface area contributed by atoms with E-state index in [-0.39, 0.29) is 10.6 Å². The molecule has 0 aliphatic carbocycles. The summed E-state index contributed by atoms with van der Waals surface area (Å²) in [7, 11) is 1.64. The van der Waals surface area contributed by atoms with E-state index >= 15 is 0 Å². The summed E-state index contributed by atoms with van der Waals surface area (Å²) in [6, 6.07) is 13.1. The van der Waals surface area contributed by atoms with E-state index in [0.29, 0.717) is 18.7 Å². The molecule has 2 aromatic carbocycles. The summed E-state index contributed by atoms with van der Waals surface area (Å²) in [5.74, 6) is 0.833. The van der Waals surface area contributed by atoms with E-state index in [1.807, 2.05) is 30.3 Å². The highest BCUT2D eigenvalue weighted by Gasteiger charge is 2.10. The molecule has 0 unspecified atom stereocenters. The minimum Gasteiger partial charge on any atom is -0.496 e. The predicted octanol–water partition coefficient (Wildman–Crippen LogP) is 3.20. The van der Waals surface area contributed by atoms with Crippen LogP contribution in [-0.4, -0.2) is 12.0 Å². The standard InChI is InChI=1S/C16H18N2O3/c1-12-7-8-13(9-15(12)18(19)20)10-17-11-14-5-3-4-6-16(14)21-2/h3-9,17H,10-11H2,1-2H3. The molecule has 0 amide bonds. The smallest absolute Gasteiger partial charge is 0.272 e. The van der Waals surface area contributed by atoms with Gasteiger partial charge in [0, 0.05) is 30.3 Å². The van der Waals surface area contributed by atoms with Crippen molar-refractivity contribution in [2.45, 2.75) is 20.0 Å². The van der Waals surface area contributed by atoms with Gasteiger partial charge in [-0.2, -0.15) is 0 Å². The van der Waals surface area contributed by atoms with Crippen LogP contribution in [0.3, 0.4) is 0 Å². The highest BCUT2D eigenvalue weighted by molar-refractivity contribution is 5.42. The number of rotatable bonds is 6. The van der Waals surface area contributed by atoms with Crippen LogP contribution >= 0.6 is 0 Å². The average molecular weight is 286 g/mol. The van der Waals surface area contributed by atoms with Crippen molar-refractivity contribution in [3.8, 4) is 5.75 Å². The van der Waals surface area contributed by atoms with Gasteiger partial charge >= 0.3 is 0 Å². The number of nitrogens with one attached hydrogen (secondary N) is 1. The molecule has 0 spiro atoms. The second-order valence-electron chi connectivity index (χ2n) is 4.79. The molecule has 0 heterocycles. The minimum absolute atomic E-state index is 0.159. The molecule has 0 fully saturated rings. The molecule has 0 aliphatic heterocycles. The third kappa shape index (κ3) is 3.79. The third-order valence-electron chi connectivity index (χ3n) is 3.31. The largest absolute Gasteiger partial charge is 0.496 e. The number of ether oxygens (including phenoxy) is 1. The molecule has 5 heteroatoms. The molecule has 2 aromatic rings. The topological polar surface area (TPSA) is 64.4 Å². The molecular formula is C16H18N2O3. The van der Waals surface area contributed by atoms with Crippen molar-refractivity contribution in [3.63, 3.8) is 0 Å². The van der Waals surface area contributed by atoms with Crippen LogP contribution in [0.2, 0.25) is 0 Å². The number of nitro benzene ring substituents is 1. The fraction of sp³-hybridized carbons (Fsp3) is 0.250. The molecule has 0 saturated heterocycles. The van der Waals surface area contributed by atoms with E-state index in [0.717, 1.165) is 16.9 Å². The Labute approximate surface area is 123 Å². The van der Waals surface area contributed by atoms with Crippen molar-refractivity contribution in [1.82, 2.24) is 5.32 Å². The molecule has 0 bridgehead atoms. The van der Waals surface area contributed by atoms with Crippen LogP contribution in [-0.2, 0) is 13.1 Å². The van der Waals surface area contributed by atoms with E-state index in [1.54, 1.807) is 26.2 Å². The SMILES string of the molecule is COc1ccccc1CNCc1ccc(C)c([N+](=O)[O-])c1. The Hall–Kier alpha value is -2.40. The molecular weight excluding hydrogens is 268 g/mol. The van der Waals surface area contributed by atoms with Crippen LogP contribution in [0.15, 0.2) is 42.5 Å². The van der Waals surface area contributed by atoms with Crippen LogP contribution in [0.25, 0.3) is 0 Å². The zero-order valence-corrected chi connectivity index (χ0v) is 12.1. The van der Waals surface area contributed by atoms with Gasteiger partial charge in [0.05, 0.1) is 12.0 Å². The molecule has 1 N–H and O–H groups in total. The van der Waals surface area contributed by atoms with Gasteiger partial charge < -0.3 is 10.1 Å². The van der Waals surface area contributed by atoms with E-state index in [9.17, 15) is 10.1 Å². The van der Waals surface area contributed by atoms with E-state index in [1.165, 1.54) is 0 Å². The van der Waals surface area contributed by atoms with Gasteiger partial charge in [0.15, 0.2) is 0 Å². The van der Waals surface area contributed by atoms with E-state index in [2.05, 4.69) is 5.32 Å². The van der Waals surface area contributed by atoms with Crippen LogP contribution in [0.1, 0.15) is 16.7 Å². The molecule has 110 valence electrons. The summed E-state index contributed by atoms with van der Waals surface area (Å²) in [6.07, 6.45) is 0. The van der Waals surface area contributed by atoms with Crippen LogP contribution in [0.5, 0.6) is 5.75 Å². The first-order valence-electron chi connectivity index (χ1n) is 6.68. The summed E-state index contributed by atoms with van der Waals surface area (Å²) < 4.78 is 5.29. The quantitative estimate of drug-likeness (QED) is 0.654. The monoisotopic (exact) mass is 286 g/mol. The number of methoxy groups -OCH3 is 1. The number of benzene rings is 2. The van der Waals surface area contributed by atoms with Crippen LogP contribution < -0.4 is 10.1 Å². The van der Waals surface area contributed by atoms with E-state index in [4.69, 9.17) is 4.74 Å². The fourth-order valence-corrected chi connectivity index (χ4v) is 2.15. The van der Waals surface area contributed by atoms with Crippen molar-refractivity contribution in [2.75, 3.05) is 7.11 Å². The van der Waals surface area contributed by atoms with Crippen molar-refractivity contribution in [3.05, 3.63) is 69.3 Å². The highest BCUT2D eigenvalue weighted by atomic mass is 16.6. The van der Waals surface area contributed by atoms with Gasteiger partial charge in [0.1, 0.15) is 5.75 Å². The van der Waals surface area contributed by atoms with Gasteiger partial charge in [0.25, 0.3) is 5.69 Å². The van der Waals surface area contributed by atoms with Gasteiger partial charge in [-0.05, 0) is 18.6 Å². The Kier molecular flexibility index (Phi) is 4.90. The third-order valence-corrected chi connectivity index (χ3v) is 3.31. The lowest BCUT2D eigenvalue weighted by Crippen LogP contribution is -2.13. The summed E-state index contributed by atoms with van der Waals surface area (Å²) >= 11 is 0. The Bertz CT molecular complexity index is 641. The van der Waals surface area contributed by atoms with Gasteiger partial charge in [-0.3, -0.25) is 10.1 Å². The van der Waals surface area contributed by atoms with Crippen molar-refractivity contribution in [2.24, 2.45) is 0 Å². The number of hydrogen-bond acceptors (Lipinski definition) is 4. The van der Waals surface area contributed by atoms with Gasteiger partial charge in [0.2, 0.25) is 0 Å². The molecule has 0 atom stereocenters. The summed E-state index contributed by atoms with van der Waals surface area (Å²) in [6.45, 7) is 2.95. The van der Waals surface area contributed by atoms with Gasteiger partial charge in [-0.1, -0.05) is 30.3 Å². The first kappa shape index (κ1) is 15.0. The summed E-state index contributed by atoms with van der Waals surface area (Å²) in [5, 5.41) is 14.2. The molecule has 0 aromatic heterocycles. The Morgan fingerprint density at radius 2 is 1.95 bits per heavy atom. The lowest BCUT2D eigenvalue weighted by Gasteiger charge is -2.09. The van der Waals surface area contributed by atoms with Crippen molar-refractivity contribution < 1.29 is 9.66 Å². The van der Waals surface area contributed by atoms with Gasteiger partial charge in [-0.15, -0.1) is 0 Å². The lowest BCUT2D eigenvalue weighted by molar-refractivity contribution is -0.385.